The van der Waals surface area contributed by atoms with Crippen molar-refractivity contribution < 1.29 is 23.8 Å². The molecule has 1 aromatic rings. The number of hydrogen-bond acceptors (Lipinski definition) is 7. The normalized spacial score (nSPS) is 21.9. The highest BCUT2D eigenvalue weighted by atomic mass is 16.5. The van der Waals surface area contributed by atoms with Gasteiger partial charge in [-0.25, -0.2) is 0 Å². The number of carbonyl (C=O) groups is 2. The molecule has 2 saturated heterocycles. The average Bonchev–Trinajstić information content (AvgIpc) is 3.05. The number of likely N-dealkylation sites (tertiary alicyclic amines) is 1. The zero-order chi connectivity index (χ0) is 22.5. The van der Waals surface area contributed by atoms with Crippen molar-refractivity contribution >= 4 is 11.9 Å². The molecular formula is C24H35N3O5. The van der Waals surface area contributed by atoms with Crippen LogP contribution in [0.4, 0.5) is 0 Å². The van der Waals surface area contributed by atoms with Gasteiger partial charge >= 0.3 is 5.97 Å². The van der Waals surface area contributed by atoms with Crippen molar-refractivity contribution in [2.45, 2.75) is 38.9 Å². The van der Waals surface area contributed by atoms with Crippen LogP contribution in [0.3, 0.4) is 0 Å². The first kappa shape index (κ1) is 23.0. The van der Waals surface area contributed by atoms with Crippen molar-refractivity contribution in [3.63, 3.8) is 0 Å². The molecule has 1 amide bonds. The van der Waals surface area contributed by atoms with E-state index < -0.39 is 0 Å². The number of rotatable bonds is 5. The van der Waals surface area contributed by atoms with E-state index in [2.05, 4.69) is 21.9 Å². The Bertz CT molecular complexity index is 803. The van der Waals surface area contributed by atoms with Crippen molar-refractivity contribution in [3.05, 3.63) is 29.3 Å². The van der Waals surface area contributed by atoms with Gasteiger partial charge in [0.05, 0.1) is 38.8 Å². The Morgan fingerprint density at radius 2 is 1.84 bits per heavy atom. The zero-order valence-corrected chi connectivity index (χ0v) is 19.3. The van der Waals surface area contributed by atoms with E-state index in [1.807, 2.05) is 17.9 Å². The van der Waals surface area contributed by atoms with Crippen LogP contribution in [0.25, 0.3) is 0 Å². The molecule has 3 aliphatic rings. The predicted octanol–water partition coefficient (Wildman–Crippen LogP) is 1.51. The lowest BCUT2D eigenvalue weighted by Crippen LogP contribution is -2.51. The lowest BCUT2D eigenvalue weighted by Gasteiger charge is -2.34. The number of morpholine rings is 1. The maximum atomic E-state index is 13.2. The first-order chi connectivity index (χ1) is 15.5. The number of methoxy groups -OCH3 is 1. The summed E-state index contributed by atoms with van der Waals surface area (Å²) in [7, 11) is 1.46. The van der Waals surface area contributed by atoms with Gasteiger partial charge in [0.2, 0.25) is 5.91 Å². The average molecular weight is 446 g/mol. The van der Waals surface area contributed by atoms with Crippen LogP contribution < -0.4 is 4.74 Å². The van der Waals surface area contributed by atoms with E-state index in [1.54, 1.807) is 0 Å². The van der Waals surface area contributed by atoms with Crippen LogP contribution in [0.5, 0.6) is 5.75 Å². The molecule has 0 spiro atoms. The zero-order valence-electron chi connectivity index (χ0n) is 19.3. The first-order valence-electron chi connectivity index (χ1n) is 11.7. The second-order valence-corrected chi connectivity index (χ2v) is 8.95. The van der Waals surface area contributed by atoms with Gasteiger partial charge in [0.15, 0.2) is 0 Å². The second-order valence-electron chi connectivity index (χ2n) is 8.95. The van der Waals surface area contributed by atoms with E-state index in [9.17, 15) is 9.59 Å². The molecule has 2 fully saturated rings. The van der Waals surface area contributed by atoms with Gasteiger partial charge < -0.3 is 19.1 Å². The molecule has 1 unspecified atom stereocenters. The first-order valence-corrected chi connectivity index (χ1v) is 11.7. The Morgan fingerprint density at radius 3 is 2.56 bits per heavy atom. The molecular weight excluding hydrogens is 410 g/mol. The topological polar surface area (TPSA) is 71.6 Å². The number of benzene rings is 1. The highest BCUT2D eigenvalue weighted by Crippen LogP contribution is 2.27. The van der Waals surface area contributed by atoms with Gasteiger partial charge in [0, 0.05) is 31.7 Å². The molecule has 3 aliphatic heterocycles. The van der Waals surface area contributed by atoms with E-state index in [4.69, 9.17) is 14.2 Å². The fourth-order valence-electron chi connectivity index (χ4n) is 4.87. The van der Waals surface area contributed by atoms with Crippen molar-refractivity contribution in [3.8, 4) is 5.75 Å². The number of hydrogen-bond donors (Lipinski definition) is 0. The van der Waals surface area contributed by atoms with Crippen molar-refractivity contribution in [1.29, 1.82) is 0 Å². The minimum atomic E-state index is -0.153. The molecule has 0 aromatic heterocycles. The van der Waals surface area contributed by atoms with Crippen molar-refractivity contribution in [2.75, 3.05) is 59.7 Å². The largest absolute Gasteiger partial charge is 0.491 e. The molecule has 0 saturated carbocycles. The van der Waals surface area contributed by atoms with E-state index in [0.717, 1.165) is 56.9 Å². The molecule has 1 aromatic carbocycles. The minimum Gasteiger partial charge on any atom is -0.491 e. The third-order valence-electron chi connectivity index (χ3n) is 6.90. The molecule has 8 heteroatoms. The van der Waals surface area contributed by atoms with E-state index in [0.29, 0.717) is 32.9 Å². The van der Waals surface area contributed by atoms with Crippen molar-refractivity contribution in [2.24, 2.45) is 5.92 Å². The summed E-state index contributed by atoms with van der Waals surface area (Å²) in [5, 5.41) is 0. The summed E-state index contributed by atoms with van der Waals surface area (Å²) in [6.07, 6.45) is 1.67. The molecule has 0 N–H and O–H groups in total. The third-order valence-corrected chi connectivity index (χ3v) is 6.90. The standard InChI is InChI=1S/C24H35N3O5/c1-18(26-9-12-31-13-10-26)23(28)27-11-14-32-22-4-3-19(15-21(22)17-27)16-25-7-5-20(6-8-25)24(29)30-2/h3-4,15,18,20H,5-14,16-17H2,1-2H3. The number of carbonyl (C=O) groups excluding carboxylic acids is 2. The van der Waals surface area contributed by atoms with Gasteiger partial charge in [-0.05, 0) is 50.6 Å². The van der Waals surface area contributed by atoms with Crippen LogP contribution >= 0.6 is 0 Å². The summed E-state index contributed by atoms with van der Waals surface area (Å²) in [5.74, 6) is 0.943. The second kappa shape index (κ2) is 10.6. The number of amides is 1. The molecule has 0 aliphatic carbocycles. The van der Waals surface area contributed by atoms with Gasteiger partial charge in [-0.3, -0.25) is 19.4 Å². The molecule has 32 heavy (non-hydrogen) atoms. The van der Waals surface area contributed by atoms with E-state index >= 15 is 0 Å². The quantitative estimate of drug-likeness (QED) is 0.637. The number of esters is 1. The smallest absolute Gasteiger partial charge is 0.308 e. The highest BCUT2D eigenvalue weighted by Gasteiger charge is 2.29. The number of nitrogens with zero attached hydrogens (tertiary/aromatic N) is 3. The third kappa shape index (κ3) is 5.42. The van der Waals surface area contributed by atoms with Crippen LogP contribution in [0.15, 0.2) is 18.2 Å². The number of ether oxygens (including phenoxy) is 3. The Hall–Kier alpha value is -2.16. The van der Waals surface area contributed by atoms with E-state index in [1.165, 1.54) is 12.7 Å². The van der Waals surface area contributed by atoms with Gasteiger partial charge in [-0.15, -0.1) is 0 Å². The molecule has 0 radical (unpaired) electrons. The summed E-state index contributed by atoms with van der Waals surface area (Å²) in [4.78, 5) is 31.5. The minimum absolute atomic E-state index is 0.0183. The number of piperidine rings is 1. The Balaban J connectivity index is 1.38. The fraction of sp³-hybridized carbons (Fsp3) is 0.667. The lowest BCUT2D eigenvalue weighted by molar-refractivity contribution is -0.147. The van der Waals surface area contributed by atoms with Gasteiger partial charge in [0.25, 0.3) is 0 Å². The lowest BCUT2D eigenvalue weighted by atomic mass is 9.96. The molecule has 0 bridgehead atoms. The molecule has 3 heterocycles. The predicted molar refractivity (Wildman–Crippen MR) is 119 cm³/mol. The Kier molecular flexibility index (Phi) is 7.65. The maximum Gasteiger partial charge on any atom is 0.308 e. The molecule has 1 atom stereocenters. The number of fused-ring (bicyclic) bond motifs is 1. The van der Waals surface area contributed by atoms with Crippen LogP contribution in [-0.2, 0) is 32.2 Å². The summed E-state index contributed by atoms with van der Waals surface area (Å²) < 4.78 is 16.3. The SMILES string of the molecule is COC(=O)C1CCN(Cc2ccc3c(c2)CN(C(=O)C(C)N2CCOCC2)CCO3)CC1. The van der Waals surface area contributed by atoms with Crippen LogP contribution in [0.1, 0.15) is 30.9 Å². The monoisotopic (exact) mass is 445 g/mol. The maximum absolute atomic E-state index is 13.2. The van der Waals surface area contributed by atoms with Gasteiger partial charge in [-0.2, -0.15) is 0 Å². The summed E-state index contributed by atoms with van der Waals surface area (Å²) >= 11 is 0. The highest BCUT2D eigenvalue weighted by molar-refractivity contribution is 5.81. The van der Waals surface area contributed by atoms with Crippen molar-refractivity contribution in [1.82, 2.24) is 14.7 Å². The summed E-state index contributed by atoms with van der Waals surface area (Å²) in [5.41, 5.74) is 2.27. The van der Waals surface area contributed by atoms with E-state index in [-0.39, 0.29) is 23.8 Å². The Morgan fingerprint density at radius 1 is 1.09 bits per heavy atom. The fourth-order valence-corrected chi connectivity index (χ4v) is 4.87. The molecule has 176 valence electrons. The van der Waals surface area contributed by atoms with Crippen LogP contribution in [-0.4, -0.2) is 92.3 Å². The van der Waals surface area contributed by atoms with Crippen LogP contribution in [0.2, 0.25) is 0 Å². The molecule has 4 rings (SSSR count). The Labute approximate surface area is 190 Å². The van der Waals surface area contributed by atoms with Gasteiger partial charge in [-0.1, -0.05) is 6.07 Å². The van der Waals surface area contributed by atoms with Gasteiger partial charge in [0.1, 0.15) is 12.4 Å². The molecule has 8 nitrogen and oxygen atoms in total. The summed E-state index contributed by atoms with van der Waals surface area (Å²) in [6.45, 7) is 9.23. The van der Waals surface area contributed by atoms with Crippen LogP contribution in [0, 0.1) is 5.92 Å². The summed E-state index contributed by atoms with van der Waals surface area (Å²) in [6, 6.07) is 6.16.